The molecule has 0 saturated heterocycles. The van der Waals surface area contributed by atoms with Crippen LogP contribution in [0, 0.1) is 6.92 Å². The number of unbranched alkanes of at least 4 members (excludes halogenated alkanes) is 2. The second-order valence-corrected chi connectivity index (χ2v) is 4.87. The molecule has 0 unspecified atom stereocenters. The van der Waals surface area contributed by atoms with Crippen molar-refractivity contribution in [3.63, 3.8) is 0 Å². The van der Waals surface area contributed by atoms with Gasteiger partial charge >= 0.3 is 0 Å². The van der Waals surface area contributed by atoms with E-state index < -0.39 is 0 Å². The normalized spacial score (nSPS) is 10.7. The summed E-state index contributed by atoms with van der Waals surface area (Å²) in [4.78, 5) is 2.31. The Hall–Kier alpha value is -1.06. The molecule has 3 heteroatoms. The van der Waals surface area contributed by atoms with Crippen LogP contribution in [0.2, 0.25) is 0 Å². The molecule has 1 aromatic rings. The van der Waals surface area contributed by atoms with Gasteiger partial charge in [-0.15, -0.1) is 0 Å². The minimum absolute atomic E-state index is 0.305. The Bertz CT molecular complexity index is 352. The number of anilines is 1. The van der Waals surface area contributed by atoms with E-state index in [1.807, 2.05) is 7.05 Å². The Morgan fingerprint density at radius 3 is 2.67 bits per heavy atom. The maximum absolute atomic E-state index is 8.77. The second kappa shape index (κ2) is 8.11. The van der Waals surface area contributed by atoms with E-state index in [4.69, 9.17) is 5.11 Å². The third-order valence-electron chi connectivity index (χ3n) is 3.17. The van der Waals surface area contributed by atoms with Gasteiger partial charge in [-0.2, -0.15) is 0 Å². The monoisotopic (exact) mass is 250 g/mol. The van der Waals surface area contributed by atoms with Crippen LogP contribution >= 0.6 is 0 Å². The van der Waals surface area contributed by atoms with Crippen molar-refractivity contribution in [1.82, 2.24) is 5.32 Å². The van der Waals surface area contributed by atoms with Crippen LogP contribution in [0.15, 0.2) is 18.2 Å². The molecule has 102 valence electrons. The number of hydrogen-bond acceptors (Lipinski definition) is 3. The van der Waals surface area contributed by atoms with E-state index in [2.05, 4.69) is 42.4 Å². The molecular weight excluding hydrogens is 224 g/mol. The predicted octanol–water partition coefficient (Wildman–Crippen LogP) is 2.31. The summed E-state index contributed by atoms with van der Waals surface area (Å²) in [6.45, 7) is 4.38. The first-order valence-electron chi connectivity index (χ1n) is 6.75. The fourth-order valence-corrected chi connectivity index (χ4v) is 2.18. The fraction of sp³-hybridized carbons (Fsp3) is 0.600. The molecule has 0 aromatic heterocycles. The highest BCUT2D eigenvalue weighted by Crippen LogP contribution is 2.21. The first-order valence-corrected chi connectivity index (χ1v) is 6.75. The summed E-state index contributed by atoms with van der Waals surface area (Å²) in [5.41, 5.74) is 3.96. The summed E-state index contributed by atoms with van der Waals surface area (Å²) in [6.07, 6.45) is 3.13. The van der Waals surface area contributed by atoms with E-state index in [1.165, 1.54) is 16.8 Å². The van der Waals surface area contributed by atoms with E-state index in [-0.39, 0.29) is 0 Å². The molecule has 0 amide bonds. The SMILES string of the molecule is CNCc1cc(C)ccc1N(C)CCCCCO. The smallest absolute Gasteiger partial charge is 0.0431 e. The highest BCUT2D eigenvalue weighted by molar-refractivity contribution is 5.54. The molecule has 0 spiro atoms. The maximum Gasteiger partial charge on any atom is 0.0431 e. The van der Waals surface area contributed by atoms with Crippen molar-refractivity contribution >= 4 is 5.69 Å². The Morgan fingerprint density at radius 2 is 2.00 bits per heavy atom. The van der Waals surface area contributed by atoms with E-state index in [1.54, 1.807) is 0 Å². The van der Waals surface area contributed by atoms with Crippen LogP contribution in [-0.2, 0) is 6.54 Å². The Labute approximate surface area is 111 Å². The minimum Gasteiger partial charge on any atom is -0.396 e. The van der Waals surface area contributed by atoms with Gasteiger partial charge in [-0.05, 0) is 44.9 Å². The number of aliphatic hydroxyl groups excluding tert-OH is 1. The van der Waals surface area contributed by atoms with Crippen LogP contribution < -0.4 is 10.2 Å². The molecule has 0 radical (unpaired) electrons. The number of aliphatic hydroxyl groups is 1. The van der Waals surface area contributed by atoms with Crippen molar-refractivity contribution in [2.75, 3.05) is 32.1 Å². The largest absolute Gasteiger partial charge is 0.396 e. The summed E-state index contributed by atoms with van der Waals surface area (Å²) in [5.74, 6) is 0. The van der Waals surface area contributed by atoms with Crippen LogP contribution in [0.25, 0.3) is 0 Å². The van der Waals surface area contributed by atoms with Gasteiger partial charge in [-0.3, -0.25) is 0 Å². The van der Waals surface area contributed by atoms with Crippen molar-refractivity contribution in [3.8, 4) is 0 Å². The van der Waals surface area contributed by atoms with Crippen LogP contribution in [0.5, 0.6) is 0 Å². The molecule has 18 heavy (non-hydrogen) atoms. The Morgan fingerprint density at radius 1 is 1.22 bits per heavy atom. The zero-order chi connectivity index (χ0) is 13.4. The first-order chi connectivity index (χ1) is 8.69. The summed E-state index contributed by atoms with van der Waals surface area (Å²) in [6, 6.07) is 6.61. The molecule has 2 N–H and O–H groups in total. The third kappa shape index (κ3) is 4.67. The van der Waals surface area contributed by atoms with Crippen molar-refractivity contribution in [3.05, 3.63) is 29.3 Å². The van der Waals surface area contributed by atoms with E-state index in [9.17, 15) is 0 Å². The lowest BCUT2D eigenvalue weighted by Gasteiger charge is -2.23. The topological polar surface area (TPSA) is 35.5 Å². The molecule has 1 aromatic carbocycles. The summed E-state index contributed by atoms with van der Waals surface area (Å²) < 4.78 is 0. The van der Waals surface area contributed by atoms with Gasteiger partial charge in [-0.1, -0.05) is 17.7 Å². The number of hydrogen-bond donors (Lipinski definition) is 2. The van der Waals surface area contributed by atoms with Crippen LogP contribution in [0.4, 0.5) is 5.69 Å². The third-order valence-corrected chi connectivity index (χ3v) is 3.17. The predicted molar refractivity (Wildman–Crippen MR) is 78.1 cm³/mol. The average Bonchev–Trinajstić information content (AvgIpc) is 2.35. The second-order valence-electron chi connectivity index (χ2n) is 4.87. The van der Waals surface area contributed by atoms with Gasteiger partial charge in [0.1, 0.15) is 0 Å². The number of nitrogens with zero attached hydrogens (tertiary/aromatic N) is 1. The molecule has 0 saturated carbocycles. The van der Waals surface area contributed by atoms with Crippen molar-refractivity contribution in [2.24, 2.45) is 0 Å². The van der Waals surface area contributed by atoms with Crippen LogP contribution in [0.1, 0.15) is 30.4 Å². The molecule has 0 bridgehead atoms. The van der Waals surface area contributed by atoms with Gasteiger partial charge in [0.15, 0.2) is 0 Å². The van der Waals surface area contributed by atoms with Crippen LogP contribution in [0.3, 0.4) is 0 Å². The number of rotatable bonds is 8. The zero-order valence-corrected chi connectivity index (χ0v) is 11.9. The van der Waals surface area contributed by atoms with Gasteiger partial charge in [0.25, 0.3) is 0 Å². The molecule has 1 rings (SSSR count). The highest BCUT2D eigenvalue weighted by Gasteiger charge is 2.06. The molecule has 0 aliphatic rings. The molecule has 0 aliphatic heterocycles. The molecule has 0 fully saturated rings. The van der Waals surface area contributed by atoms with E-state index in [0.29, 0.717) is 6.61 Å². The highest BCUT2D eigenvalue weighted by atomic mass is 16.2. The summed E-state index contributed by atoms with van der Waals surface area (Å²) in [7, 11) is 4.12. The maximum atomic E-state index is 8.77. The van der Waals surface area contributed by atoms with Crippen molar-refractivity contribution < 1.29 is 5.11 Å². The van der Waals surface area contributed by atoms with Crippen molar-refractivity contribution in [1.29, 1.82) is 0 Å². The lowest BCUT2D eigenvalue weighted by atomic mass is 10.1. The van der Waals surface area contributed by atoms with Crippen LogP contribution in [-0.4, -0.2) is 32.4 Å². The Kier molecular flexibility index (Phi) is 6.76. The fourth-order valence-electron chi connectivity index (χ4n) is 2.18. The average molecular weight is 250 g/mol. The molecule has 0 aliphatic carbocycles. The quantitative estimate of drug-likeness (QED) is 0.695. The zero-order valence-electron chi connectivity index (χ0n) is 11.9. The lowest BCUT2D eigenvalue weighted by Crippen LogP contribution is -2.21. The van der Waals surface area contributed by atoms with E-state index >= 15 is 0 Å². The summed E-state index contributed by atoms with van der Waals surface area (Å²) >= 11 is 0. The number of nitrogens with one attached hydrogen (secondary N) is 1. The Balaban J connectivity index is 2.62. The molecule has 3 nitrogen and oxygen atoms in total. The molecule has 0 heterocycles. The standard InChI is InChI=1S/C15H26N2O/c1-13-7-8-15(14(11-13)12-16-2)17(3)9-5-4-6-10-18/h7-8,11,16,18H,4-6,9-10,12H2,1-3H3. The number of aryl methyl sites for hydroxylation is 1. The molecular formula is C15H26N2O. The first kappa shape index (κ1) is 15.0. The molecule has 0 atom stereocenters. The van der Waals surface area contributed by atoms with Gasteiger partial charge in [-0.25, -0.2) is 0 Å². The van der Waals surface area contributed by atoms with Gasteiger partial charge in [0.2, 0.25) is 0 Å². The minimum atomic E-state index is 0.305. The lowest BCUT2D eigenvalue weighted by molar-refractivity contribution is 0.283. The number of benzene rings is 1. The van der Waals surface area contributed by atoms with Gasteiger partial charge < -0.3 is 15.3 Å². The van der Waals surface area contributed by atoms with Gasteiger partial charge in [0, 0.05) is 32.4 Å². The van der Waals surface area contributed by atoms with E-state index in [0.717, 1.165) is 32.4 Å². The van der Waals surface area contributed by atoms with Gasteiger partial charge in [0.05, 0.1) is 0 Å². The van der Waals surface area contributed by atoms with Crippen molar-refractivity contribution in [2.45, 2.75) is 32.7 Å². The summed E-state index contributed by atoms with van der Waals surface area (Å²) in [5, 5.41) is 12.0.